The molecule has 0 aliphatic carbocycles. The van der Waals surface area contributed by atoms with Gasteiger partial charge < -0.3 is 10.1 Å². The number of pyridine rings is 1. The third-order valence-corrected chi connectivity index (χ3v) is 5.20. The molecule has 0 bridgehead atoms. The average molecular weight is 339 g/mol. The Labute approximate surface area is 143 Å². The van der Waals surface area contributed by atoms with E-state index in [2.05, 4.69) is 15.3 Å². The largest absolute Gasteiger partial charge is 0.489 e. The predicted molar refractivity (Wildman–Crippen MR) is 94.1 cm³/mol. The van der Waals surface area contributed by atoms with Crippen LogP contribution in [0.15, 0.2) is 42.0 Å². The number of nitrogens with one attached hydrogen (secondary N) is 1. The summed E-state index contributed by atoms with van der Waals surface area (Å²) in [6, 6.07) is 9.89. The minimum Gasteiger partial charge on any atom is -0.489 e. The molecule has 1 saturated heterocycles. The Morgan fingerprint density at radius 2 is 2.25 bits per heavy atom. The molecule has 0 radical (unpaired) electrons. The van der Waals surface area contributed by atoms with Crippen molar-refractivity contribution in [2.75, 3.05) is 6.54 Å². The van der Waals surface area contributed by atoms with E-state index in [9.17, 15) is 4.79 Å². The van der Waals surface area contributed by atoms with Gasteiger partial charge in [-0.15, -0.1) is 11.3 Å². The summed E-state index contributed by atoms with van der Waals surface area (Å²) in [5, 5.41) is 2.87. The highest BCUT2D eigenvalue weighted by Gasteiger charge is 2.28. The van der Waals surface area contributed by atoms with Crippen molar-refractivity contribution in [3.05, 3.63) is 42.0 Å². The van der Waals surface area contributed by atoms with Gasteiger partial charge in [-0.25, -0.2) is 4.98 Å². The number of hydrogen-bond acceptors (Lipinski definition) is 5. The van der Waals surface area contributed by atoms with E-state index >= 15 is 0 Å². The number of thiazole rings is 1. The molecule has 3 aromatic rings. The Bertz CT molecular complexity index is 878. The second kappa shape index (κ2) is 6.20. The highest BCUT2D eigenvalue weighted by Crippen LogP contribution is 2.35. The van der Waals surface area contributed by atoms with Crippen LogP contribution in [0, 0.1) is 5.92 Å². The van der Waals surface area contributed by atoms with Gasteiger partial charge in [0.1, 0.15) is 11.9 Å². The van der Waals surface area contributed by atoms with Crippen molar-refractivity contribution < 1.29 is 9.53 Å². The molecular formula is C18H17N3O2S. The molecule has 1 N–H and O–H groups in total. The highest BCUT2D eigenvalue weighted by molar-refractivity contribution is 7.17. The van der Waals surface area contributed by atoms with Gasteiger partial charge in [-0.3, -0.25) is 9.78 Å². The van der Waals surface area contributed by atoms with E-state index < -0.39 is 0 Å². The number of fused-ring (bicyclic) bond motifs is 1. The van der Waals surface area contributed by atoms with E-state index in [-0.39, 0.29) is 17.9 Å². The van der Waals surface area contributed by atoms with Crippen LogP contribution in [-0.2, 0) is 4.79 Å². The Hall–Kier alpha value is -2.47. The van der Waals surface area contributed by atoms with Gasteiger partial charge in [0.2, 0.25) is 5.91 Å². The highest BCUT2D eigenvalue weighted by atomic mass is 32.1. The molecule has 0 saturated carbocycles. The van der Waals surface area contributed by atoms with Gasteiger partial charge in [0, 0.05) is 30.6 Å². The third-order valence-electron chi connectivity index (χ3n) is 4.34. The van der Waals surface area contributed by atoms with Crippen LogP contribution in [0.25, 0.3) is 21.5 Å². The summed E-state index contributed by atoms with van der Waals surface area (Å²) in [4.78, 5) is 20.3. The quantitative estimate of drug-likeness (QED) is 0.792. The first-order chi connectivity index (χ1) is 11.7. The molecule has 2 aromatic heterocycles. The number of ether oxygens (including phenoxy) is 1. The van der Waals surface area contributed by atoms with Crippen LogP contribution >= 0.6 is 11.3 Å². The van der Waals surface area contributed by atoms with Gasteiger partial charge >= 0.3 is 0 Å². The van der Waals surface area contributed by atoms with E-state index in [1.54, 1.807) is 17.5 Å². The molecule has 0 spiro atoms. The van der Waals surface area contributed by atoms with Gasteiger partial charge in [0.25, 0.3) is 0 Å². The zero-order chi connectivity index (χ0) is 16.5. The smallest absolute Gasteiger partial charge is 0.220 e. The van der Waals surface area contributed by atoms with Crippen LogP contribution in [0.2, 0.25) is 0 Å². The number of rotatable bonds is 4. The van der Waals surface area contributed by atoms with Crippen LogP contribution in [0.4, 0.5) is 0 Å². The van der Waals surface area contributed by atoms with Crippen LogP contribution in [0.5, 0.6) is 5.75 Å². The molecule has 1 aliphatic heterocycles. The molecular weight excluding hydrogens is 322 g/mol. The van der Waals surface area contributed by atoms with Crippen molar-refractivity contribution >= 4 is 27.5 Å². The summed E-state index contributed by atoms with van der Waals surface area (Å²) in [7, 11) is 0. The number of hydrogen-bond donors (Lipinski definition) is 1. The summed E-state index contributed by atoms with van der Waals surface area (Å²) < 4.78 is 7.26. The van der Waals surface area contributed by atoms with Gasteiger partial charge in [0.05, 0.1) is 21.4 Å². The lowest BCUT2D eigenvalue weighted by Gasteiger charge is -2.20. The SMILES string of the molecule is C[C@@H](Oc1cc(-c2ccccn2)cc2ncsc12)[C@H]1CNC(=O)C1. The van der Waals surface area contributed by atoms with Gasteiger partial charge in [-0.05, 0) is 31.2 Å². The molecule has 122 valence electrons. The number of carbonyl (C=O) groups is 1. The minimum absolute atomic E-state index is 0.0479. The molecule has 1 fully saturated rings. The lowest BCUT2D eigenvalue weighted by Crippen LogP contribution is -2.25. The summed E-state index contributed by atoms with van der Waals surface area (Å²) in [6.45, 7) is 2.69. The molecule has 3 heterocycles. The molecule has 24 heavy (non-hydrogen) atoms. The minimum atomic E-state index is -0.0479. The number of amides is 1. The molecule has 5 nitrogen and oxygen atoms in total. The second-order valence-corrected chi connectivity index (χ2v) is 6.84. The van der Waals surface area contributed by atoms with E-state index in [1.807, 2.05) is 42.8 Å². The normalized spacial score (nSPS) is 18.5. The fourth-order valence-electron chi connectivity index (χ4n) is 2.96. The topological polar surface area (TPSA) is 64.1 Å². The number of aromatic nitrogens is 2. The van der Waals surface area contributed by atoms with Gasteiger partial charge in [0.15, 0.2) is 0 Å². The standard InChI is InChI=1S/C18H17N3O2S/c1-11(13-8-17(22)20-9-13)23-16-7-12(14-4-2-3-5-19-14)6-15-18(16)24-10-21-15/h2-7,10-11,13H,8-9H2,1H3,(H,20,22)/t11-,13-/m1/s1. The van der Waals surface area contributed by atoms with E-state index in [0.29, 0.717) is 13.0 Å². The molecule has 6 heteroatoms. The maximum atomic E-state index is 11.4. The molecule has 2 atom stereocenters. The summed E-state index contributed by atoms with van der Waals surface area (Å²) in [5.74, 6) is 1.10. The van der Waals surface area contributed by atoms with Crippen LogP contribution in [0.3, 0.4) is 0 Å². The molecule has 1 amide bonds. The van der Waals surface area contributed by atoms with Crippen molar-refractivity contribution in [1.29, 1.82) is 0 Å². The monoisotopic (exact) mass is 339 g/mol. The molecule has 1 aliphatic rings. The fraction of sp³-hybridized carbons (Fsp3) is 0.278. The van der Waals surface area contributed by atoms with E-state index in [1.165, 1.54) is 0 Å². The van der Waals surface area contributed by atoms with Crippen molar-refractivity contribution in [3.63, 3.8) is 0 Å². The maximum absolute atomic E-state index is 11.4. The first kappa shape index (κ1) is 15.1. The summed E-state index contributed by atoms with van der Waals surface area (Å²) in [5.41, 5.74) is 4.61. The first-order valence-electron chi connectivity index (χ1n) is 7.93. The molecule has 1 aromatic carbocycles. The average Bonchev–Trinajstić information content (AvgIpc) is 3.24. The van der Waals surface area contributed by atoms with Crippen LogP contribution in [0.1, 0.15) is 13.3 Å². The summed E-state index contributed by atoms with van der Waals surface area (Å²) >= 11 is 1.56. The fourth-order valence-corrected chi connectivity index (χ4v) is 3.69. The van der Waals surface area contributed by atoms with E-state index in [4.69, 9.17) is 4.74 Å². The van der Waals surface area contributed by atoms with E-state index in [0.717, 1.165) is 27.2 Å². The van der Waals surface area contributed by atoms with Crippen LogP contribution in [-0.4, -0.2) is 28.5 Å². The van der Waals surface area contributed by atoms with Crippen molar-refractivity contribution in [3.8, 4) is 17.0 Å². The lowest BCUT2D eigenvalue weighted by atomic mass is 10.0. The molecule has 4 rings (SSSR count). The van der Waals surface area contributed by atoms with Gasteiger partial charge in [-0.1, -0.05) is 6.07 Å². The summed E-state index contributed by atoms with van der Waals surface area (Å²) in [6.07, 6.45) is 2.25. The number of nitrogens with zero attached hydrogens (tertiary/aromatic N) is 2. The first-order valence-corrected chi connectivity index (χ1v) is 8.80. The number of carbonyl (C=O) groups excluding carboxylic acids is 1. The Morgan fingerprint density at radius 3 is 3.00 bits per heavy atom. The van der Waals surface area contributed by atoms with Gasteiger partial charge in [-0.2, -0.15) is 0 Å². The Morgan fingerprint density at radius 1 is 1.33 bits per heavy atom. The Balaban J connectivity index is 1.69. The zero-order valence-corrected chi connectivity index (χ0v) is 14.0. The predicted octanol–water partition coefficient (Wildman–Crippen LogP) is 3.26. The maximum Gasteiger partial charge on any atom is 0.220 e. The lowest BCUT2D eigenvalue weighted by molar-refractivity contribution is -0.119. The van der Waals surface area contributed by atoms with Crippen molar-refractivity contribution in [2.45, 2.75) is 19.4 Å². The zero-order valence-electron chi connectivity index (χ0n) is 13.2. The second-order valence-electron chi connectivity index (χ2n) is 5.98. The number of benzene rings is 1. The van der Waals surface area contributed by atoms with Crippen molar-refractivity contribution in [2.24, 2.45) is 5.92 Å². The Kier molecular flexibility index (Phi) is 3.90. The van der Waals surface area contributed by atoms with Crippen molar-refractivity contribution in [1.82, 2.24) is 15.3 Å². The molecule has 0 unspecified atom stereocenters. The third kappa shape index (κ3) is 2.85. The van der Waals surface area contributed by atoms with Crippen LogP contribution < -0.4 is 10.1 Å².